The van der Waals surface area contributed by atoms with Crippen LogP contribution in [0.1, 0.15) is 51.5 Å². The zero-order valence-corrected chi connectivity index (χ0v) is 23.5. The van der Waals surface area contributed by atoms with Crippen LogP contribution in [0.5, 0.6) is 0 Å². The molecule has 0 bridgehead atoms. The standard InChI is InChI=1S/C35H32N4O4/c40-33-26-17-8-7-16-25(26)31(38-33)32(35(42)43)37-30(24-14-5-2-6-15-24)27-18-9-10-19-28(27)36-34(41)29-20-11-21-39(29)22-23-12-3-1-4-13-23/h1-10,12-19,29,31-32H,11,20-22H2,(H,36,41)(H,38,40)(H,42,43). The molecule has 1 fully saturated rings. The van der Waals surface area contributed by atoms with Crippen LogP contribution in [-0.4, -0.2) is 52.1 Å². The maximum Gasteiger partial charge on any atom is 0.330 e. The van der Waals surface area contributed by atoms with Gasteiger partial charge in [0.15, 0.2) is 6.04 Å². The number of nitrogens with zero attached hydrogens (tertiary/aromatic N) is 2. The molecule has 2 aliphatic rings. The van der Waals surface area contributed by atoms with Gasteiger partial charge in [0.2, 0.25) is 5.91 Å². The molecular formula is C35H32N4O4. The number of anilines is 1. The first-order valence-corrected chi connectivity index (χ1v) is 14.4. The van der Waals surface area contributed by atoms with E-state index in [0.29, 0.717) is 40.2 Å². The number of hydrogen-bond donors (Lipinski definition) is 3. The quantitative estimate of drug-likeness (QED) is 0.243. The fourth-order valence-corrected chi connectivity index (χ4v) is 5.97. The van der Waals surface area contributed by atoms with Gasteiger partial charge in [-0.25, -0.2) is 4.79 Å². The smallest absolute Gasteiger partial charge is 0.330 e. The number of aliphatic imine (C=N–C) groups is 1. The first-order chi connectivity index (χ1) is 21.0. The van der Waals surface area contributed by atoms with Crippen molar-refractivity contribution in [3.63, 3.8) is 0 Å². The highest BCUT2D eigenvalue weighted by Gasteiger charge is 2.38. The van der Waals surface area contributed by atoms with Crippen LogP contribution in [0.15, 0.2) is 114 Å². The van der Waals surface area contributed by atoms with E-state index >= 15 is 0 Å². The number of hydrogen-bond acceptors (Lipinski definition) is 5. The van der Waals surface area contributed by atoms with Gasteiger partial charge in [-0.3, -0.25) is 19.5 Å². The van der Waals surface area contributed by atoms with Crippen molar-refractivity contribution in [1.29, 1.82) is 0 Å². The van der Waals surface area contributed by atoms with Crippen molar-refractivity contribution in [3.8, 4) is 0 Å². The summed E-state index contributed by atoms with van der Waals surface area (Å²) >= 11 is 0. The number of rotatable bonds is 9. The number of benzene rings is 4. The van der Waals surface area contributed by atoms with Gasteiger partial charge < -0.3 is 15.7 Å². The van der Waals surface area contributed by atoms with E-state index in [2.05, 4.69) is 27.7 Å². The largest absolute Gasteiger partial charge is 0.480 e. The predicted molar refractivity (Wildman–Crippen MR) is 165 cm³/mol. The van der Waals surface area contributed by atoms with Crippen molar-refractivity contribution in [2.45, 2.75) is 37.5 Å². The zero-order chi connectivity index (χ0) is 29.8. The molecule has 2 amide bonds. The Balaban J connectivity index is 1.35. The van der Waals surface area contributed by atoms with E-state index in [4.69, 9.17) is 4.99 Å². The van der Waals surface area contributed by atoms with Gasteiger partial charge in [0.05, 0.1) is 23.5 Å². The fourth-order valence-electron chi connectivity index (χ4n) is 5.97. The summed E-state index contributed by atoms with van der Waals surface area (Å²) in [6, 6.07) is 31.3. The fraction of sp³-hybridized carbons (Fsp3) is 0.200. The van der Waals surface area contributed by atoms with Crippen molar-refractivity contribution in [3.05, 3.63) is 137 Å². The summed E-state index contributed by atoms with van der Waals surface area (Å²) in [6.45, 7) is 1.52. The second-order valence-corrected chi connectivity index (χ2v) is 10.8. The summed E-state index contributed by atoms with van der Waals surface area (Å²) < 4.78 is 0. The number of aliphatic carboxylic acids is 1. The molecule has 6 rings (SSSR count). The summed E-state index contributed by atoms with van der Waals surface area (Å²) in [5.41, 5.74) is 4.44. The van der Waals surface area contributed by atoms with Gasteiger partial charge in [0.1, 0.15) is 0 Å². The Morgan fingerprint density at radius 3 is 2.35 bits per heavy atom. The molecule has 2 heterocycles. The lowest BCUT2D eigenvalue weighted by molar-refractivity contribution is -0.139. The van der Waals surface area contributed by atoms with Crippen LogP contribution in [0.4, 0.5) is 5.69 Å². The minimum absolute atomic E-state index is 0.111. The van der Waals surface area contributed by atoms with Crippen molar-refractivity contribution in [1.82, 2.24) is 10.2 Å². The minimum Gasteiger partial charge on any atom is -0.480 e. The van der Waals surface area contributed by atoms with Crippen LogP contribution in [-0.2, 0) is 16.1 Å². The van der Waals surface area contributed by atoms with Gasteiger partial charge in [0, 0.05) is 23.2 Å². The van der Waals surface area contributed by atoms with Crippen molar-refractivity contribution in [2.75, 3.05) is 11.9 Å². The van der Waals surface area contributed by atoms with Crippen molar-refractivity contribution in [2.24, 2.45) is 4.99 Å². The van der Waals surface area contributed by atoms with E-state index in [1.54, 1.807) is 24.3 Å². The van der Waals surface area contributed by atoms with Crippen LogP contribution in [0.2, 0.25) is 0 Å². The number of carboxylic acid groups (broad SMARTS) is 1. The summed E-state index contributed by atoms with van der Waals surface area (Å²) in [5.74, 6) is -1.60. The molecule has 4 aromatic rings. The molecule has 0 saturated carbocycles. The highest BCUT2D eigenvalue weighted by atomic mass is 16.4. The first kappa shape index (κ1) is 28.1. The molecule has 1 saturated heterocycles. The highest BCUT2D eigenvalue weighted by molar-refractivity contribution is 6.18. The SMILES string of the molecule is O=C1NC(C(N=C(c2ccccc2)c2ccccc2NC(=O)C2CCCN2Cc2ccccc2)C(=O)O)c2ccccc21. The topological polar surface area (TPSA) is 111 Å². The number of carbonyl (C=O) groups is 3. The molecule has 0 radical (unpaired) electrons. The number of likely N-dealkylation sites (tertiary alicyclic amines) is 1. The molecular weight excluding hydrogens is 540 g/mol. The monoisotopic (exact) mass is 572 g/mol. The molecule has 0 aromatic heterocycles. The van der Waals surface area contributed by atoms with Crippen LogP contribution < -0.4 is 10.6 Å². The molecule has 216 valence electrons. The molecule has 2 aliphatic heterocycles. The average Bonchev–Trinajstić information content (AvgIpc) is 3.63. The predicted octanol–water partition coefficient (Wildman–Crippen LogP) is 5.07. The van der Waals surface area contributed by atoms with Crippen molar-refractivity contribution >= 4 is 29.2 Å². The van der Waals surface area contributed by atoms with Crippen LogP contribution >= 0.6 is 0 Å². The number of carboxylic acids is 1. The third-order valence-electron chi connectivity index (χ3n) is 8.05. The van der Waals surface area contributed by atoms with E-state index in [1.165, 1.54) is 0 Å². The molecule has 4 aromatic carbocycles. The highest BCUT2D eigenvalue weighted by Crippen LogP contribution is 2.31. The normalized spacial score (nSPS) is 19.0. The second kappa shape index (κ2) is 12.4. The second-order valence-electron chi connectivity index (χ2n) is 10.8. The lowest BCUT2D eigenvalue weighted by Crippen LogP contribution is -2.39. The van der Waals surface area contributed by atoms with E-state index in [-0.39, 0.29) is 17.9 Å². The molecule has 8 nitrogen and oxygen atoms in total. The molecule has 8 heteroatoms. The zero-order valence-electron chi connectivity index (χ0n) is 23.5. The summed E-state index contributed by atoms with van der Waals surface area (Å²) in [4.78, 5) is 46.1. The van der Waals surface area contributed by atoms with Gasteiger partial charge in [-0.05, 0) is 42.6 Å². The Morgan fingerprint density at radius 1 is 0.907 bits per heavy atom. The average molecular weight is 573 g/mol. The van der Waals surface area contributed by atoms with E-state index in [9.17, 15) is 19.5 Å². The first-order valence-electron chi connectivity index (χ1n) is 14.4. The van der Waals surface area contributed by atoms with Gasteiger partial charge in [-0.2, -0.15) is 0 Å². The Hall–Kier alpha value is -5.08. The Morgan fingerprint density at radius 2 is 1.58 bits per heavy atom. The Labute approximate surface area is 250 Å². The molecule has 43 heavy (non-hydrogen) atoms. The maximum atomic E-state index is 13.7. The molecule has 3 unspecified atom stereocenters. The number of para-hydroxylation sites is 1. The number of fused-ring (bicyclic) bond motifs is 1. The molecule has 0 aliphatic carbocycles. The summed E-state index contributed by atoms with van der Waals surface area (Å²) in [6.07, 6.45) is 1.68. The van der Waals surface area contributed by atoms with Gasteiger partial charge in [-0.1, -0.05) is 97.1 Å². The van der Waals surface area contributed by atoms with Gasteiger partial charge >= 0.3 is 5.97 Å². The van der Waals surface area contributed by atoms with Crippen LogP contribution in [0, 0.1) is 0 Å². The van der Waals surface area contributed by atoms with Crippen molar-refractivity contribution < 1.29 is 19.5 Å². The summed E-state index contributed by atoms with van der Waals surface area (Å²) in [5, 5.41) is 16.3. The third kappa shape index (κ3) is 5.96. The number of nitrogens with one attached hydrogen (secondary N) is 2. The van der Waals surface area contributed by atoms with E-state index in [1.807, 2.05) is 72.8 Å². The maximum absolute atomic E-state index is 13.7. The Bertz CT molecular complexity index is 1670. The minimum atomic E-state index is -1.30. The lowest BCUT2D eigenvalue weighted by atomic mass is 9.96. The number of carbonyl (C=O) groups excluding carboxylic acids is 2. The number of amides is 2. The lowest BCUT2D eigenvalue weighted by Gasteiger charge is -2.25. The Kier molecular flexibility index (Phi) is 8.11. The molecule has 3 N–H and O–H groups in total. The van der Waals surface area contributed by atoms with Crippen LogP contribution in [0.3, 0.4) is 0 Å². The van der Waals surface area contributed by atoms with E-state index < -0.39 is 18.1 Å². The van der Waals surface area contributed by atoms with Gasteiger partial charge in [-0.15, -0.1) is 0 Å². The van der Waals surface area contributed by atoms with Crippen LogP contribution in [0.25, 0.3) is 0 Å². The third-order valence-corrected chi connectivity index (χ3v) is 8.05. The summed E-state index contributed by atoms with van der Waals surface area (Å²) in [7, 11) is 0. The van der Waals surface area contributed by atoms with E-state index in [0.717, 1.165) is 24.9 Å². The van der Waals surface area contributed by atoms with Gasteiger partial charge in [0.25, 0.3) is 5.91 Å². The molecule has 0 spiro atoms. The molecule has 3 atom stereocenters.